The molecule has 28 heavy (non-hydrogen) atoms. The molecule has 1 unspecified atom stereocenters. The van der Waals surface area contributed by atoms with Gasteiger partial charge in [0.25, 0.3) is 11.8 Å². The lowest BCUT2D eigenvalue weighted by Crippen LogP contribution is -2.37. The van der Waals surface area contributed by atoms with E-state index in [1.807, 2.05) is 43.3 Å². The Hall–Kier alpha value is -3.42. The second-order valence-corrected chi connectivity index (χ2v) is 7.03. The van der Waals surface area contributed by atoms with E-state index in [2.05, 4.69) is 15.3 Å². The average molecular weight is 378 g/mol. The molecule has 1 aromatic carbocycles. The summed E-state index contributed by atoms with van der Waals surface area (Å²) < 4.78 is 1.61. The van der Waals surface area contributed by atoms with Gasteiger partial charge in [0.1, 0.15) is 5.69 Å². The number of rotatable bonds is 4. The van der Waals surface area contributed by atoms with Crippen molar-refractivity contribution in [2.45, 2.75) is 19.5 Å². The van der Waals surface area contributed by atoms with Crippen molar-refractivity contribution in [1.29, 1.82) is 0 Å². The van der Waals surface area contributed by atoms with Crippen LogP contribution in [-0.2, 0) is 6.54 Å². The maximum Gasteiger partial charge on any atom is 0.274 e. The molecule has 0 saturated heterocycles. The Morgan fingerprint density at radius 2 is 1.96 bits per heavy atom. The number of aromatic nitrogens is 4. The first-order valence-corrected chi connectivity index (χ1v) is 9.17. The normalized spacial score (nSPS) is 14.7. The SMILES string of the molecule is CC(c1cc(-c2ccccc2)n[nH]1)N(C)C(=O)c1cc2n(n1)CCN(C)C2=O. The first kappa shape index (κ1) is 18.0. The van der Waals surface area contributed by atoms with Gasteiger partial charge in [-0.05, 0) is 13.0 Å². The zero-order chi connectivity index (χ0) is 19.8. The molecular weight excluding hydrogens is 356 g/mol. The lowest BCUT2D eigenvalue weighted by atomic mass is 10.1. The number of carbonyl (C=O) groups is 2. The molecule has 1 aliphatic heterocycles. The largest absolute Gasteiger partial charge is 0.339 e. The standard InChI is InChI=1S/C20H22N6O2/c1-13(15-11-16(22-21-15)14-7-5-4-6-8-14)25(3)19(27)17-12-18-20(28)24(2)9-10-26(18)23-17/h4-8,11-13H,9-10H2,1-3H3,(H,21,22). The summed E-state index contributed by atoms with van der Waals surface area (Å²) in [4.78, 5) is 28.4. The highest BCUT2D eigenvalue weighted by molar-refractivity contribution is 5.98. The molecule has 3 aromatic rings. The third kappa shape index (κ3) is 3.06. The van der Waals surface area contributed by atoms with Crippen molar-refractivity contribution in [3.05, 3.63) is 59.5 Å². The van der Waals surface area contributed by atoms with Crippen LogP contribution < -0.4 is 0 Å². The molecule has 0 saturated carbocycles. The van der Waals surface area contributed by atoms with E-state index in [-0.39, 0.29) is 23.6 Å². The lowest BCUT2D eigenvalue weighted by Gasteiger charge is -2.23. The second-order valence-electron chi connectivity index (χ2n) is 7.03. The Labute approximate surface area is 162 Å². The van der Waals surface area contributed by atoms with Crippen LogP contribution in [0.15, 0.2) is 42.5 Å². The third-order valence-electron chi connectivity index (χ3n) is 5.23. The van der Waals surface area contributed by atoms with Gasteiger partial charge in [-0.25, -0.2) is 0 Å². The number of hydrogen-bond donors (Lipinski definition) is 1. The van der Waals surface area contributed by atoms with Gasteiger partial charge in [-0.2, -0.15) is 10.2 Å². The molecule has 0 bridgehead atoms. The van der Waals surface area contributed by atoms with E-state index in [4.69, 9.17) is 0 Å². The number of hydrogen-bond acceptors (Lipinski definition) is 4. The van der Waals surface area contributed by atoms with Gasteiger partial charge in [0.05, 0.1) is 24.0 Å². The van der Waals surface area contributed by atoms with Crippen LogP contribution in [-0.4, -0.2) is 62.2 Å². The summed E-state index contributed by atoms with van der Waals surface area (Å²) in [6, 6.07) is 13.1. The van der Waals surface area contributed by atoms with E-state index in [9.17, 15) is 9.59 Å². The quantitative estimate of drug-likeness (QED) is 0.754. The molecule has 3 heterocycles. The van der Waals surface area contributed by atoms with Gasteiger partial charge >= 0.3 is 0 Å². The number of aromatic amines is 1. The second kappa shape index (κ2) is 6.95. The van der Waals surface area contributed by atoms with E-state index < -0.39 is 0 Å². The number of nitrogens with one attached hydrogen (secondary N) is 1. The first-order chi connectivity index (χ1) is 13.5. The number of likely N-dealkylation sites (N-methyl/N-ethyl adjacent to an activating group) is 1. The van der Waals surface area contributed by atoms with Crippen LogP contribution in [0, 0.1) is 0 Å². The highest BCUT2D eigenvalue weighted by Crippen LogP contribution is 2.24. The van der Waals surface area contributed by atoms with Crippen LogP contribution in [0.3, 0.4) is 0 Å². The van der Waals surface area contributed by atoms with Crippen LogP contribution in [0.25, 0.3) is 11.3 Å². The van der Waals surface area contributed by atoms with Gasteiger partial charge < -0.3 is 9.80 Å². The monoisotopic (exact) mass is 378 g/mol. The highest BCUT2D eigenvalue weighted by Gasteiger charge is 2.28. The summed E-state index contributed by atoms with van der Waals surface area (Å²) in [5, 5.41) is 11.7. The van der Waals surface area contributed by atoms with E-state index in [0.29, 0.717) is 18.8 Å². The van der Waals surface area contributed by atoms with Crippen molar-refractivity contribution in [2.24, 2.45) is 0 Å². The average Bonchev–Trinajstić information content (AvgIpc) is 3.37. The molecule has 0 aliphatic carbocycles. The molecule has 2 amide bonds. The van der Waals surface area contributed by atoms with Gasteiger partial charge in [-0.1, -0.05) is 30.3 Å². The Morgan fingerprint density at radius 3 is 2.71 bits per heavy atom. The van der Waals surface area contributed by atoms with Crippen molar-refractivity contribution >= 4 is 11.8 Å². The van der Waals surface area contributed by atoms with Crippen LogP contribution in [0.5, 0.6) is 0 Å². The summed E-state index contributed by atoms with van der Waals surface area (Å²) in [6.45, 7) is 3.10. The van der Waals surface area contributed by atoms with Crippen LogP contribution in [0.4, 0.5) is 0 Å². The van der Waals surface area contributed by atoms with E-state index in [1.165, 1.54) is 0 Å². The van der Waals surface area contributed by atoms with Crippen molar-refractivity contribution in [3.63, 3.8) is 0 Å². The fourth-order valence-electron chi connectivity index (χ4n) is 3.28. The molecule has 8 nitrogen and oxygen atoms in total. The van der Waals surface area contributed by atoms with Gasteiger partial charge in [0.15, 0.2) is 5.69 Å². The Morgan fingerprint density at radius 1 is 1.21 bits per heavy atom. The lowest BCUT2D eigenvalue weighted by molar-refractivity contribution is 0.0723. The van der Waals surface area contributed by atoms with E-state index in [0.717, 1.165) is 17.0 Å². The smallest absolute Gasteiger partial charge is 0.274 e. The molecule has 2 aromatic heterocycles. The molecule has 4 rings (SSSR count). The van der Waals surface area contributed by atoms with E-state index >= 15 is 0 Å². The maximum absolute atomic E-state index is 12.9. The van der Waals surface area contributed by atoms with Crippen molar-refractivity contribution in [2.75, 3.05) is 20.6 Å². The van der Waals surface area contributed by atoms with Crippen molar-refractivity contribution < 1.29 is 9.59 Å². The zero-order valence-corrected chi connectivity index (χ0v) is 16.1. The number of H-pyrrole nitrogens is 1. The molecule has 144 valence electrons. The third-order valence-corrected chi connectivity index (χ3v) is 5.23. The number of fused-ring (bicyclic) bond motifs is 1. The van der Waals surface area contributed by atoms with Gasteiger partial charge in [-0.3, -0.25) is 19.4 Å². The summed E-state index contributed by atoms with van der Waals surface area (Å²) in [5.41, 5.74) is 3.39. The minimum Gasteiger partial charge on any atom is -0.339 e. The predicted molar refractivity (Wildman–Crippen MR) is 104 cm³/mol. The molecule has 1 N–H and O–H groups in total. The fourth-order valence-corrected chi connectivity index (χ4v) is 3.28. The predicted octanol–water partition coefficient (Wildman–Crippen LogP) is 2.19. The summed E-state index contributed by atoms with van der Waals surface area (Å²) >= 11 is 0. The number of amides is 2. The van der Waals surface area contributed by atoms with Crippen LogP contribution in [0.1, 0.15) is 39.6 Å². The molecular formula is C20H22N6O2. The summed E-state index contributed by atoms with van der Waals surface area (Å²) in [5.74, 6) is -0.352. The molecule has 0 radical (unpaired) electrons. The minimum atomic E-state index is -0.235. The van der Waals surface area contributed by atoms with Gasteiger partial charge in [0, 0.05) is 32.3 Å². The Kier molecular flexibility index (Phi) is 4.46. The number of carbonyl (C=O) groups excluding carboxylic acids is 2. The number of benzene rings is 1. The minimum absolute atomic E-state index is 0.116. The topological polar surface area (TPSA) is 87.1 Å². The summed E-state index contributed by atoms with van der Waals surface area (Å²) in [7, 11) is 3.47. The molecule has 1 atom stereocenters. The highest BCUT2D eigenvalue weighted by atomic mass is 16.2. The van der Waals surface area contributed by atoms with Crippen molar-refractivity contribution in [3.8, 4) is 11.3 Å². The Balaban J connectivity index is 1.54. The first-order valence-electron chi connectivity index (χ1n) is 9.17. The van der Waals surface area contributed by atoms with Crippen molar-refractivity contribution in [1.82, 2.24) is 29.8 Å². The van der Waals surface area contributed by atoms with Crippen LogP contribution >= 0.6 is 0 Å². The molecule has 8 heteroatoms. The number of nitrogens with zero attached hydrogens (tertiary/aromatic N) is 5. The van der Waals surface area contributed by atoms with Crippen LogP contribution in [0.2, 0.25) is 0 Å². The molecule has 0 fully saturated rings. The van der Waals surface area contributed by atoms with E-state index in [1.54, 1.807) is 34.6 Å². The summed E-state index contributed by atoms with van der Waals surface area (Å²) in [6.07, 6.45) is 0. The fraction of sp³-hybridized carbons (Fsp3) is 0.300. The van der Waals surface area contributed by atoms with Gasteiger partial charge in [0.2, 0.25) is 0 Å². The molecule has 1 aliphatic rings. The zero-order valence-electron chi connectivity index (χ0n) is 16.1. The van der Waals surface area contributed by atoms with Gasteiger partial charge in [-0.15, -0.1) is 0 Å². The Bertz CT molecular complexity index is 1020. The molecule has 0 spiro atoms. The maximum atomic E-state index is 12.9.